The van der Waals surface area contributed by atoms with Gasteiger partial charge in [0.15, 0.2) is 0 Å². The van der Waals surface area contributed by atoms with E-state index in [-0.39, 0.29) is 10.1 Å². The molecule has 0 fully saturated rings. The third-order valence-electron chi connectivity index (χ3n) is 4.96. The summed E-state index contributed by atoms with van der Waals surface area (Å²) in [7, 11) is -0.289. The highest BCUT2D eigenvalue weighted by molar-refractivity contribution is 7.94. The van der Waals surface area contributed by atoms with Gasteiger partial charge in [-0.2, -0.15) is 0 Å². The summed E-state index contributed by atoms with van der Waals surface area (Å²) in [5.74, 6) is 0.931. The molecule has 1 unspecified atom stereocenters. The molecule has 170 valence electrons. The Morgan fingerprint density at radius 1 is 1.12 bits per heavy atom. The Morgan fingerprint density at radius 3 is 2.64 bits per heavy atom. The standard InChI is InChI=1S/C23H22N4O4S2/c1-27-12-11-24-22(27)21(16-6-4-9-19(15-16)31-2)25-23(28)17-7-3-8-18(14-17)26-33(29,30)20-10-5-13-32-20/h3-15,21,26H,1-2H3,(H,25,28). The van der Waals surface area contributed by atoms with Gasteiger partial charge in [-0.3, -0.25) is 9.52 Å². The smallest absolute Gasteiger partial charge is 0.271 e. The second-order valence-electron chi connectivity index (χ2n) is 7.20. The third-order valence-corrected chi connectivity index (χ3v) is 7.73. The zero-order chi connectivity index (χ0) is 23.4. The number of imidazole rings is 1. The predicted octanol–water partition coefficient (Wildman–Crippen LogP) is 3.81. The van der Waals surface area contributed by atoms with Gasteiger partial charge in [0.25, 0.3) is 15.9 Å². The van der Waals surface area contributed by atoms with Crippen molar-refractivity contribution in [1.82, 2.24) is 14.9 Å². The number of sulfonamides is 1. The number of aromatic nitrogens is 2. The molecule has 1 amide bonds. The van der Waals surface area contributed by atoms with Crippen LogP contribution in [0.4, 0.5) is 5.69 Å². The number of carbonyl (C=O) groups excluding carboxylic acids is 1. The maximum absolute atomic E-state index is 13.2. The first-order valence-corrected chi connectivity index (χ1v) is 12.3. The van der Waals surface area contributed by atoms with E-state index in [2.05, 4.69) is 15.0 Å². The summed E-state index contributed by atoms with van der Waals surface area (Å²) in [5.41, 5.74) is 1.40. The summed E-state index contributed by atoms with van der Waals surface area (Å²) in [4.78, 5) is 17.6. The van der Waals surface area contributed by atoms with Crippen LogP contribution in [0.1, 0.15) is 27.8 Å². The van der Waals surface area contributed by atoms with Gasteiger partial charge in [0.05, 0.1) is 7.11 Å². The Morgan fingerprint density at radius 2 is 1.94 bits per heavy atom. The van der Waals surface area contributed by atoms with E-state index in [1.54, 1.807) is 49.1 Å². The number of thiophene rings is 1. The molecule has 0 aliphatic rings. The second-order valence-corrected chi connectivity index (χ2v) is 10.1. The van der Waals surface area contributed by atoms with Gasteiger partial charge < -0.3 is 14.6 Å². The van der Waals surface area contributed by atoms with E-state index >= 15 is 0 Å². The fourth-order valence-corrected chi connectivity index (χ4v) is 5.38. The minimum atomic E-state index is -3.72. The van der Waals surface area contributed by atoms with Gasteiger partial charge in [-0.1, -0.05) is 24.3 Å². The van der Waals surface area contributed by atoms with Crippen LogP contribution in [0, 0.1) is 0 Å². The molecular weight excluding hydrogens is 460 g/mol. The molecule has 2 aromatic carbocycles. The van der Waals surface area contributed by atoms with Crippen molar-refractivity contribution in [2.45, 2.75) is 10.3 Å². The summed E-state index contributed by atoms with van der Waals surface area (Å²) >= 11 is 1.12. The highest BCUT2D eigenvalue weighted by Crippen LogP contribution is 2.25. The maximum Gasteiger partial charge on any atom is 0.271 e. The number of carbonyl (C=O) groups is 1. The Balaban J connectivity index is 1.61. The van der Waals surface area contributed by atoms with Crippen molar-refractivity contribution < 1.29 is 17.9 Å². The minimum Gasteiger partial charge on any atom is -0.497 e. The van der Waals surface area contributed by atoms with Gasteiger partial charge in [0, 0.05) is 30.7 Å². The SMILES string of the molecule is COc1cccc(C(NC(=O)c2cccc(NS(=O)(=O)c3cccs3)c2)c2nccn2C)c1. The molecule has 0 aliphatic heterocycles. The molecule has 4 rings (SSSR count). The van der Waals surface area contributed by atoms with E-state index < -0.39 is 16.1 Å². The molecule has 1 atom stereocenters. The van der Waals surface area contributed by atoms with Crippen LogP contribution in [0.3, 0.4) is 0 Å². The van der Waals surface area contributed by atoms with Crippen molar-refractivity contribution in [3.8, 4) is 5.75 Å². The molecule has 0 aliphatic carbocycles. The molecule has 33 heavy (non-hydrogen) atoms. The quantitative estimate of drug-likeness (QED) is 0.398. The molecule has 2 aromatic heterocycles. The van der Waals surface area contributed by atoms with Gasteiger partial charge in [-0.05, 0) is 47.3 Å². The Kier molecular flexibility index (Phi) is 6.47. The van der Waals surface area contributed by atoms with Crippen molar-refractivity contribution in [1.29, 1.82) is 0 Å². The summed E-state index contributed by atoms with van der Waals surface area (Å²) in [5, 5.41) is 4.70. The van der Waals surface area contributed by atoms with Crippen molar-refractivity contribution in [3.05, 3.63) is 95.4 Å². The highest BCUT2D eigenvalue weighted by atomic mass is 32.2. The van der Waals surface area contributed by atoms with E-state index in [9.17, 15) is 13.2 Å². The summed E-state index contributed by atoms with van der Waals surface area (Å²) in [6, 6.07) is 16.4. The molecule has 4 aromatic rings. The number of benzene rings is 2. The lowest BCUT2D eigenvalue weighted by molar-refractivity contribution is 0.0941. The van der Waals surface area contributed by atoms with Crippen LogP contribution >= 0.6 is 11.3 Å². The Hall–Kier alpha value is -3.63. The van der Waals surface area contributed by atoms with E-state index in [0.29, 0.717) is 22.8 Å². The first kappa shape index (κ1) is 22.6. The fraction of sp³-hybridized carbons (Fsp3) is 0.130. The number of aryl methyl sites for hydroxylation is 1. The number of nitrogens with one attached hydrogen (secondary N) is 2. The number of rotatable bonds is 8. The van der Waals surface area contributed by atoms with Gasteiger partial charge in [0.1, 0.15) is 21.8 Å². The Labute approximate surface area is 195 Å². The van der Waals surface area contributed by atoms with Crippen LogP contribution in [0.2, 0.25) is 0 Å². The van der Waals surface area contributed by atoms with Gasteiger partial charge in [-0.25, -0.2) is 13.4 Å². The number of hydrogen-bond donors (Lipinski definition) is 2. The minimum absolute atomic E-state index is 0.199. The van der Waals surface area contributed by atoms with Crippen LogP contribution in [0.25, 0.3) is 0 Å². The number of methoxy groups -OCH3 is 1. The molecule has 2 heterocycles. The lowest BCUT2D eigenvalue weighted by atomic mass is 10.0. The number of hydrogen-bond acceptors (Lipinski definition) is 6. The molecule has 0 bridgehead atoms. The van der Waals surface area contributed by atoms with E-state index in [1.165, 1.54) is 12.1 Å². The first-order chi connectivity index (χ1) is 15.9. The molecule has 0 saturated carbocycles. The lowest BCUT2D eigenvalue weighted by Crippen LogP contribution is -2.31. The van der Waals surface area contributed by atoms with Crippen LogP contribution in [-0.4, -0.2) is 31.0 Å². The van der Waals surface area contributed by atoms with Gasteiger partial charge >= 0.3 is 0 Å². The first-order valence-electron chi connectivity index (χ1n) is 9.96. The number of nitrogens with zero attached hydrogens (tertiary/aromatic N) is 2. The van der Waals surface area contributed by atoms with Crippen LogP contribution in [0.5, 0.6) is 5.75 Å². The predicted molar refractivity (Wildman–Crippen MR) is 127 cm³/mol. The summed E-state index contributed by atoms with van der Waals surface area (Å²) < 4.78 is 35.0. The normalized spacial score (nSPS) is 12.2. The largest absolute Gasteiger partial charge is 0.497 e. The monoisotopic (exact) mass is 482 g/mol. The van der Waals surface area contributed by atoms with E-state index in [4.69, 9.17) is 4.74 Å². The van der Waals surface area contributed by atoms with Crippen molar-refractivity contribution in [3.63, 3.8) is 0 Å². The number of anilines is 1. The average Bonchev–Trinajstić information content (AvgIpc) is 3.50. The topological polar surface area (TPSA) is 102 Å². The molecule has 10 heteroatoms. The van der Waals surface area contributed by atoms with Gasteiger partial charge in [-0.15, -0.1) is 11.3 Å². The highest BCUT2D eigenvalue weighted by Gasteiger charge is 2.23. The fourth-order valence-electron chi connectivity index (χ4n) is 3.33. The number of amides is 1. The zero-order valence-corrected chi connectivity index (χ0v) is 19.6. The van der Waals surface area contributed by atoms with Crippen molar-refractivity contribution in [2.75, 3.05) is 11.8 Å². The van der Waals surface area contributed by atoms with Crippen molar-refractivity contribution in [2.24, 2.45) is 7.05 Å². The summed E-state index contributed by atoms with van der Waals surface area (Å²) in [6.07, 6.45) is 3.46. The van der Waals surface area contributed by atoms with Crippen LogP contribution < -0.4 is 14.8 Å². The molecular formula is C23H22N4O4S2. The third kappa shape index (κ3) is 5.07. The second kappa shape index (κ2) is 9.47. The van der Waals surface area contributed by atoms with Crippen LogP contribution in [0.15, 0.2) is 82.6 Å². The van der Waals surface area contributed by atoms with E-state index in [1.807, 2.05) is 35.9 Å². The maximum atomic E-state index is 13.2. The zero-order valence-electron chi connectivity index (χ0n) is 17.9. The van der Waals surface area contributed by atoms with E-state index in [0.717, 1.165) is 16.9 Å². The molecule has 0 saturated heterocycles. The Bertz CT molecular complexity index is 1360. The number of ether oxygens (including phenoxy) is 1. The molecule has 2 N–H and O–H groups in total. The average molecular weight is 483 g/mol. The molecule has 8 nitrogen and oxygen atoms in total. The lowest BCUT2D eigenvalue weighted by Gasteiger charge is -2.20. The molecule has 0 radical (unpaired) electrons. The van der Waals surface area contributed by atoms with Gasteiger partial charge in [0.2, 0.25) is 0 Å². The van der Waals surface area contributed by atoms with Crippen LogP contribution in [-0.2, 0) is 17.1 Å². The molecule has 0 spiro atoms. The summed E-state index contributed by atoms with van der Waals surface area (Å²) in [6.45, 7) is 0. The van der Waals surface area contributed by atoms with Crippen molar-refractivity contribution >= 4 is 33.0 Å².